The van der Waals surface area contributed by atoms with Crippen LogP contribution < -0.4 is 16.0 Å². The Morgan fingerprint density at radius 3 is 2.53 bits per heavy atom. The summed E-state index contributed by atoms with van der Waals surface area (Å²) < 4.78 is 1.11. The molecule has 1 heterocycles. The van der Waals surface area contributed by atoms with Crippen LogP contribution in [0.2, 0.25) is 0 Å². The first kappa shape index (κ1) is 13.9. The number of hydrogen-bond acceptors (Lipinski definition) is 3. The smallest absolute Gasteiger partial charge is 0.318 e. The molecule has 0 radical (unpaired) electrons. The normalized spacial score (nSPS) is 10.0. The third-order valence-corrected chi connectivity index (χ3v) is 4.16. The quantitative estimate of drug-likeness (QED) is 0.791. The first-order chi connectivity index (χ1) is 9.17. The summed E-state index contributed by atoms with van der Waals surface area (Å²) in [5, 5.41) is 10.6. The lowest BCUT2D eigenvalue weighted by Gasteiger charge is -2.07. The van der Waals surface area contributed by atoms with Gasteiger partial charge in [-0.2, -0.15) is 0 Å². The van der Waals surface area contributed by atoms with Gasteiger partial charge < -0.3 is 16.0 Å². The number of halogens is 1. The molecule has 0 bridgehead atoms. The number of carbonyl (C=O) groups excluding carboxylic acids is 1. The van der Waals surface area contributed by atoms with E-state index < -0.39 is 0 Å². The van der Waals surface area contributed by atoms with E-state index in [-0.39, 0.29) is 6.03 Å². The molecular formula is C13H14BrN3OS. The highest BCUT2D eigenvalue weighted by atomic mass is 79.9. The number of nitrogens with one attached hydrogen (secondary N) is 3. The Morgan fingerprint density at radius 1 is 1.26 bits per heavy atom. The third kappa shape index (κ3) is 4.25. The Bertz CT molecular complexity index is 553. The van der Waals surface area contributed by atoms with Gasteiger partial charge in [-0.3, -0.25) is 0 Å². The molecular weight excluding hydrogens is 326 g/mol. The average Bonchev–Trinajstić information content (AvgIpc) is 2.83. The van der Waals surface area contributed by atoms with E-state index in [0.29, 0.717) is 0 Å². The standard InChI is InChI=1S/C13H14BrN3OS/c1-15-13(18)17-11-4-2-10(3-5-11)16-7-12-6-9(14)8-19-12/h2-6,8,16H,7H2,1H3,(H2,15,17,18). The van der Waals surface area contributed by atoms with E-state index in [1.807, 2.05) is 24.3 Å². The largest absolute Gasteiger partial charge is 0.380 e. The molecule has 0 spiro atoms. The summed E-state index contributed by atoms with van der Waals surface area (Å²) in [4.78, 5) is 12.4. The van der Waals surface area contributed by atoms with Gasteiger partial charge in [-0.05, 0) is 46.3 Å². The molecule has 0 aliphatic heterocycles. The summed E-state index contributed by atoms with van der Waals surface area (Å²) in [6, 6.07) is 9.48. The van der Waals surface area contributed by atoms with Crippen molar-refractivity contribution in [1.29, 1.82) is 0 Å². The molecule has 0 saturated heterocycles. The van der Waals surface area contributed by atoms with Crippen molar-refractivity contribution in [2.45, 2.75) is 6.54 Å². The molecule has 1 aromatic carbocycles. The van der Waals surface area contributed by atoms with Crippen molar-refractivity contribution in [2.24, 2.45) is 0 Å². The highest BCUT2D eigenvalue weighted by Crippen LogP contribution is 2.21. The van der Waals surface area contributed by atoms with E-state index in [9.17, 15) is 4.79 Å². The van der Waals surface area contributed by atoms with Gasteiger partial charge in [0.05, 0.1) is 0 Å². The van der Waals surface area contributed by atoms with Crippen LogP contribution in [0.3, 0.4) is 0 Å². The van der Waals surface area contributed by atoms with Gasteiger partial charge in [0.25, 0.3) is 0 Å². The fourth-order valence-electron chi connectivity index (χ4n) is 1.50. The average molecular weight is 340 g/mol. The second-order valence-electron chi connectivity index (χ2n) is 3.87. The molecule has 2 rings (SSSR count). The van der Waals surface area contributed by atoms with Crippen LogP contribution in [-0.4, -0.2) is 13.1 Å². The number of carbonyl (C=O) groups is 1. The summed E-state index contributed by atoms with van der Waals surface area (Å²) in [5.41, 5.74) is 1.79. The summed E-state index contributed by atoms with van der Waals surface area (Å²) >= 11 is 5.14. The van der Waals surface area contributed by atoms with E-state index in [4.69, 9.17) is 0 Å². The molecule has 0 atom stereocenters. The predicted molar refractivity (Wildman–Crippen MR) is 83.9 cm³/mol. The minimum atomic E-state index is -0.218. The SMILES string of the molecule is CNC(=O)Nc1ccc(NCc2cc(Br)cs2)cc1. The first-order valence-corrected chi connectivity index (χ1v) is 7.40. The van der Waals surface area contributed by atoms with Crippen LogP contribution in [0, 0.1) is 0 Å². The number of hydrogen-bond donors (Lipinski definition) is 3. The number of amides is 2. The van der Waals surface area contributed by atoms with Crippen LogP contribution in [0.4, 0.5) is 16.2 Å². The van der Waals surface area contributed by atoms with Gasteiger partial charge in [0, 0.05) is 39.7 Å². The molecule has 3 N–H and O–H groups in total. The van der Waals surface area contributed by atoms with Gasteiger partial charge >= 0.3 is 6.03 Å². The van der Waals surface area contributed by atoms with Crippen LogP contribution in [-0.2, 0) is 6.54 Å². The zero-order valence-corrected chi connectivity index (χ0v) is 12.8. The van der Waals surface area contributed by atoms with Gasteiger partial charge in [0.1, 0.15) is 0 Å². The molecule has 2 aromatic rings. The number of urea groups is 1. The summed E-state index contributed by atoms with van der Waals surface area (Å²) in [5.74, 6) is 0. The molecule has 0 aliphatic carbocycles. The van der Waals surface area contributed by atoms with E-state index in [2.05, 4.69) is 43.3 Å². The van der Waals surface area contributed by atoms with Crippen molar-refractivity contribution in [1.82, 2.24) is 5.32 Å². The molecule has 0 saturated carbocycles. The number of rotatable bonds is 4. The predicted octanol–water partition coefficient (Wildman–Crippen LogP) is 3.87. The molecule has 2 amide bonds. The molecule has 19 heavy (non-hydrogen) atoms. The Morgan fingerprint density at radius 2 is 1.95 bits per heavy atom. The zero-order valence-electron chi connectivity index (χ0n) is 10.4. The maximum absolute atomic E-state index is 11.1. The number of anilines is 2. The lowest BCUT2D eigenvalue weighted by atomic mass is 10.3. The van der Waals surface area contributed by atoms with Crippen molar-refractivity contribution < 1.29 is 4.79 Å². The van der Waals surface area contributed by atoms with Gasteiger partial charge in [0.15, 0.2) is 0 Å². The van der Waals surface area contributed by atoms with E-state index in [1.54, 1.807) is 18.4 Å². The Hall–Kier alpha value is -1.53. The molecule has 0 aliphatic rings. The van der Waals surface area contributed by atoms with Crippen LogP contribution >= 0.6 is 27.3 Å². The Labute approximate surface area is 124 Å². The lowest BCUT2D eigenvalue weighted by Crippen LogP contribution is -2.24. The molecule has 4 nitrogen and oxygen atoms in total. The van der Waals surface area contributed by atoms with Gasteiger partial charge in [-0.1, -0.05) is 0 Å². The van der Waals surface area contributed by atoms with E-state index in [0.717, 1.165) is 22.4 Å². The minimum absolute atomic E-state index is 0.218. The summed E-state index contributed by atoms with van der Waals surface area (Å²) in [6.07, 6.45) is 0. The minimum Gasteiger partial charge on any atom is -0.380 e. The van der Waals surface area contributed by atoms with E-state index >= 15 is 0 Å². The Kier molecular flexibility index (Phi) is 4.81. The fourth-order valence-corrected chi connectivity index (χ4v) is 2.89. The van der Waals surface area contributed by atoms with Gasteiger partial charge in [-0.25, -0.2) is 4.79 Å². The van der Waals surface area contributed by atoms with Crippen molar-refractivity contribution in [3.05, 3.63) is 45.1 Å². The van der Waals surface area contributed by atoms with Crippen molar-refractivity contribution in [3.63, 3.8) is 0 Å². The highest BCUT2D eigenvalue weighted by Gasteiger charge is 2.00. The van der Waals surface area contributed by atoms with Crippen LogP contribution in [0.5, 0.6) is 0 Å². The van der Waals surface area contributed by atoms with Crippen molar-refractivity contribution in [3.8, 4) is 0 Å². The molecule has 0 unspecified atom stereocenters. The van der Waals surface area contributed by atoms with E-state index in [1.165, 1.54) is 4.88 Å². The fraction of sp³-hybridized carbons (Fsp3) is 0.154. The molecule has 6 heteroatoms. The monoisotopic (exact) mass is 339 g/mol. The molecule has 0 fully saturated rings. The van der Waals surface area contributed by atoms with Gasteiger partial charge in [-0.15, -0.1) is 11.3 Å². The number of thiophene rings is 1. The number of benzene rings is 1. The lowest BCUT2D eigenvalue weighted by molar-refractivity contribution is 0.254. The van der Waals surface area contributed by atoms with Crippen molar-refractivity contribution in [2.75, 3.05) is 17.7 Å². The molecule has 100 valence electrons. The van der Waals surface area contributed by atoms with Gasteiger partial charge in [0.2, 0.25) is 0 Å². The third-order valence-electron chi connectivity index (χ3n) is 2.46. The second-order valence-corrected chi connectivity index (χ2v) is 5.78. The highest BCUT2D eigenvalue weighted by molar-refractivity contribution is 9.10. The summed E-state index contributed by atoms with van der Waals surface area (Å²) in [7, 11) is 1.59. The zero-order chi connectivity index (χ0) is 13.7. The maximum atomic E-state index is 11.1. The van der Waals surface area contributed by atoms with Crippen molar-refractivity contribution >= 4 is 44.7 Å². The van der Waals surface area contributed by atoms with Crippen LogP contribution in [0.25, 0.3) is 0 Å². The van der Waals surface area contributed by atoms with Crippen LogP contribution in [0.15, 0.2) is 40.2 Å². The maximum Gasteiger partial charge on any atom is 0.318 e. The second kappa shape index (κ2) is 6.58. The summed E-state index contributed by atoms with van der Waals surface area (Å²) in [6.45, 7) is 0.790. The topological polar surface area (TPSA) is 53.2 Å². The van der Waals surface area contributed by atoms with Crippen LogP contribution in [0.1, 0.15) is 4.88 Å². The molecule has 1 aromatic heterocycles. The first-order valence-electron chi connectivity index (χ1n) is 5.73. The Balaban J connectivity index is 1.89.